The van der Waals surface area contributed by atoms with Crippen LogP contribution in [-0.2, 0) is 0 Å². The minimum absolute atomic E-state index is 0.0366. The van der Waals surface area contributed by atoms with Crippen molar-refractivity contribution in [3.8, 4) is 5.75 Å². The molecule has 0 radical (unpaired) electrons. The number of benzene rings is 1. The standard InChI is InChI=1S/C16H23NO2/c1-9(2)6-12-8-17-16(18)15-11(4)13(19-5)7-10(3)14(12)15/h7,9,12H,6,8H2,1-5H3,(H,17,18). The Hall–Kier alpha value is -1.51. The van der Waals surface area contributed by atoms with Gasteiger partial charge in [-0.2, -0.15) is 0 Å². The highest BCUT2D eigenvalue weighted by Gasteiger charge is 2.30. The van der Waals surface area contributed by atoms with Crippen molar-refractivity contribution < 1.29 is 9.53 Å². The summed E-state index contributed by atoms with van der Waals surface area (Å²) in [5, 5.41) is 3.02. The number of fused-ring (bicyclic) bond motifs is 1. The lowest BCUT2D eigenvalue weighted by Gasteiger charge is -2.30. The van der Waals surface area contributed by atoms with Gasteiger partial charge in [-0.05, 0) is 43.4 Å². The van der Waals surface area contributed by atoms with Gasteiger partial charge in [0.25, 0.3) is 5.91 Å². The summed E-state index contributed by atoms with van der Waals surface area (Å²) in [4.78, 5) is 12.2. The van der Waals surface area contributed by atoms with E-state index in [2.05, 4.69) is 32.2 Å². The molecule has 1 atom stereocenters. The third-order valence-corrected chi connectivity index (χ3v) is 3.91. The number of hydrogen-bond acceptors (Lipinski definition) is 2. The zero-order valence-electron chi connectivity index (χ0n) is 12.5. The summed E-state index contributed by atoms with van der Waals surface area (Å²) >= 11 is 0. The minimum Gasteiger partial charge on any atom is -0.496 e. The molecule has 104 valence electrons. The summed E-state index contributed by atoms with van der Waals surface area (Å²) in [7, 11) is 1.65. The van der Waals surface area contributed by atoms with Gasteiger partial charge in [0.05, 0.1) is 7.11 Å². The average Bonchev–Trinajstić information content (AvgIpc) is 2.35. The van der Waals surface area contributed by atoms with E-state index in [1.165, 1.54) is 5.56 Å². The van der Waals surface area contributed by atoms with Gasteiger partial charge in [-0.15, -0.1) is 0 Å². The number of rotatable bonds is 3. The first-order valence-electron chi connectivity index (χ1n) is 6.92. The Morgan fingerprint density at radius 3 is 2.68 bits per heavy atom. The fourth-order valence-electron chi connectivity index (χ4n) is 3.11. The molecule has 0 saturated carbocycles. The Morgan fingerprint density at radius 2 is 2.11 bits per heavy atom. The first-order chi connectivity index (χ1) is 8.95. The monoisotopic (exact) mass is 261 g/mol. The lowest BCUT2D eigenvalue weighted by molar-refractivity contribution is 0.0936. The van der Waals surface area contributed by atoms with Gasteiger partial charge in [0.1, 0.15) is 5.75 Å². The Balaban J connectivity index is 2.58. The molecule has 3 heteroatoms. The second kappa shape index (κ2) is 5.24. The lowest BCUT2D eigenvalue weighted by atomic mass is 9.80. The van der Waals surface area contributed by atoms with Crippen LogP contribution < -0.4 is 10.1 Å². The summed E-state index contributed by atoms with van der Waals surface area (Å²) in [6.07, 6.45) is 1.10. The second-order valence-electron chi connectivity index (χ2n) is 5.85. The largest absolute Gasteiger partial charge is 0.496 e. The molecule has 1 aromatic carbocycles. The first-order valence-corrected chi connectivity index (χ1v) is 6.92. The molecular weight excluding hydrogens is 238 g/mol. The average molecular weight is 261 g/mol. The number of carbonyl (C=O) groups excluding carboxylic acids is 1. The van der Waals surface area contributed by atoms with Crippen molar-refractivity contribution in [1.29, 1.82) is 0 Å². The molecule has 2 rings (SSSR count). The number of aryl methyl sites for hydroxylation is 1. The predicted molar refractivity (Wildman–Crippen MR) is 77.0 cm³/mol. The van der Waals surface area contributed by atoms with E-state index >= 15 is 0 Å². The Bertz CT molecular complexity index is 506. The summed E-state index contributed by atoms with van der Waals surface area (Å²) < 4.78 is 5.38. The summed E-state index contributed by atoms with van der Waals surface area (Å²) in [5.41, 5.74) is 4.16. The smallest absolute Gasteiger partial charge is 0.252 e. The van der Waals surface area contributed by atoms with Crippen LogP contribution in [0.2, 0.25) is 0 Å². The SMILES string of the molecule is COc1cc(C)c2c(c1C)C(=O)NCC2CC(C)C. The summed E-state index contributed by atoms with van der Waals surface area (Å²) in [6, 6.07) is 2.06. The lowest BCUT2D eigenvalue weighted by Crippen LogP contribution is -2.36. The van der Waals surface area contributed by atoms with Crippen molar-refractivity contribution in [1.82, 2.24) is 5.32 Å². The first kappa shape index (κ1) is 13.9. The number of nitrogens with one attached hydrogen (secondary N) is 1. The third-order valence-electron chi connectivity index (χ3n) is 3.91. The maximum Gasteiger partial charge on any atom is 0.252 e. The molecule has 1 aliphatic rings. The predicted octanol–water partition coefficient (Wildman–Crippen LogP) is 3.19. The fraction of sp³-hybridized carbons (Fsp3) is 0.562. The van der Waals surface area contributed by atoms with Gasteiger partial charge in [-0.3, -0.25) is 4.79 Å². The molecule has 0 saturated heterocycles. The molecule has 0 aromatic heterocycles. The van der Waals surface area contributed by atoms with Crippen LogP contribution in [0.4, 0.5) is 0 Å². The van der Waals surface area contributed by atoms with Crippen LogP contribution >= 0.6 is 0 Å². The number of amides is 1. The van der Waals surface area contributed by atoms with E-state index in [1.807, 2.05) is 6.92 Å². The van der Waals surface area contributed by atoms with Crippen molar-refractivity contribution in [2.45, 2.75) is 40.0 Å². The number of carbonyl (C=O) groups is 1. The number of hydrogen-bond donors (Lipinski definition) is 1. The van der Waals surface area contributed by atoms with E-state index in [9.17, 15) is 4.79 Å². The van der Waals surface area contributed by atoms with E-state index in [0.717, 1.165) is 35.4 Å². The topological polar surface area (TPSA) is 38.3 Å². The van der Waals surface area contributed by atoms with Crippen LogP contribution in [0.3, 0.4) is 0 Å². The number of ether oxygens (including phenoxy) is 1. The fourth-order valence-corrected chi connectivity index (χ4v) is 3.11. The van der Waals surface area contributed by atoms with E-state index in [0.29, 0.717) is 11.8 Å². The van der Waals surface area contributed by atoms with Crippen LogP contribution in [0, 0.1) is 19.8 Å². The maximum absolute atomic E-state index is 12.2. The van der Waals surface area contributed by atoms with Gasteiger partial charge in [0.15, 0.2) is 0 Å². The van der Waals surface area contributed by atoms with Crippen molar-refractivity contribution >= 4 is 5.91 Å². The highest BCUT2D eigenvalue weighted by atomic mass is 16.5. The molecule has 1 N–H and O–H groups in total. The van der Waals surface area contributed by atoms with E-state index in [1.54, 1.807) is 7.11 Å². The van der Waals surface area contributed by atoms with Gasteiger partial charge in [-0.25, -0.2) is 0 Å². The Labute approximate surface area is 115 Å². The zero-order chi connectivity index (χ0) is 14.2. The molecule has 0 fully saturated rings. The van der Waals surface area contributed by atoms with Gasteiger partial charge in [-0.1, -0.05) is 13.8 Å². The van der Waals surface area contributed by atoms with E-state index < -0.39 is 0 Å². The molecule has 1 aliphatic heterocycles. The zero-order valence-corrected chi connectivity index (χ0v) is 12.5. The van der Waals surface area contributed by atoms with Gasteiger partial charge in [0, 0.05) is 23.6 Å². The third kappa shape index (κ3) is 2.46. The van der Waals surface area contributed by atoms with Crippen LogP contribution in [0.25, 0.3) is 0 Å². The van der Waals surface area contributed by atoms with Crippen LogP contribution in [-0.4, -0.2) is 19.6 Å². The van der Waals surface area contributed by atoms with Gasteiger partial charge >= 0.3 is 0 Å². The summed E-state index contributed by atoms with van der Waals surface area (Å²) in [6.45, 7) is 9.24. The number of methoxy groups -OCH3 is 1. The van der Waals surface area contributed by atoms with E-state index in [-0.39, 0.29) is 5.91 Å². The molecule has 1 heterocycles. The van der Waals surface area contributed by atoms with Crippen molar-refractivity contribution in [3.63, 3.8) is 0 Å². The van der Waals surface area contributed by atoms with Crippen molar-refractivity contribution in [2.24, 2.45) is 5.92 Å². The van der Waals surface area contributed by atoms with Crippen LogP contribution in [0.5, 0.6) is 5.75 Å². The molecule has 19 heavy (non-hydrogen) atoms. The molecule has 0 aliphatic carbocycles. The molecule has 1 amide bonds. The van der Waals surface area contributed by atoms with Gasteiger partial charge < -0.3 is 10.1 Å². The van der Waals surface area contributed by atoms with E-state index in [4.69, 9.17) is 4.74 Å². The Kier molecular flexibility index (Phi) is 3.83. The van der Waals surface area contributed by atoms with Crippen molar-refractivity contribution in [2.75, 3.05) is 13.7 Å². The maximum atomic E-state index is 12.2. The van der Waals surface area contributed by atoms with Crippen molar-refractivity contribution in [3.05, 3.63) is 28.3 Å². The molecule has 0 bridgehead atoms. The molecular formula is C16H23NO2. The normalized spacial score (nSPS) is 18.2. The van der Waals surface area contributed by atoms with Crippen LogP contribution in [0.1, 0.15) is 53.2 Å². The molecule has 1 aromatic rings. The molecule has 0 spiro atoms. The summed E-state index contributed by atoms with van der Waals surface area (Å²) in [5.74, 6) is 1.87. The molecule has 3 nitrogen and oxygen atoms in total. The second-order valence-corrected chi connectivity index (χ2v) is 5.85. The highest BCUT2D eigenvalue weighted by molar-refractivity contribution is 5.99. The Morgan fingerprint density at radius 1 is 1.42 bits per heavy atom. The van der Waals surface area contributed by atoms with Gasteiger partial charge in [0.2, 0.25) is 0 Å². The highest BCUT2D eigenvalue weighted by Crippen LogP contribution is 2.37. The minimum atomic E-state index is 0.0366. The quantitative estimate of drug-likeness (QED) is 0.907. The molecule has 1 unspecified atom stereocenters. The van der Waals surface area contributed by atoms with Crippen LogP contribution in [0.15, 0.2) is 6.07 Å².